The van der Waals surface area contributed by atoms with Crippen molar-refractivity contribution in [2.45, 2.75) is 0 Å². The van der Waals surface area contributed by atoms with Crippen molar-refractivity contribution in [3.8, 4) is 11.5 Å². The molecular weight excluding hydrogens is 200 g/mol. The van der Waals surface area contributed by atoms with Gasteiger partial charge < -0.3 is 14.6 Å². The van der Waals surface area contributed by atoms with Gasteiger partial charge in [-0.3, -0.25) is 4.79 Å². The van der Waals surface area contributed by atoms with Crippen LogP contribution in [-0.4, -0.2) is 31.6 Å². The van der Waals surface area contributed by atoms with E-state index < -0.39 is 5.97 Å². The smallest absolute Gasteiger partial charge is 0.343 e. The Bertz CT molecular complexity index is 372. The van der Waals surface area contributed by atoms with Crippen molar-refractivity contribution in [2.75, 3.05) is 14.2 Å². The topological polar surface area (TPSA) is 72.8 Å². The van der Waals surface area contributed by atoms with Crippen LogP contribution >= 0.6 is 0 Å². The van der Waals surface area contributed by atoms with Gasteiger partial charge in [-0.25, -0.2) is 4.79 Å². The van der Waals surface area contributed by atoms with Crippen LogP contribution in [0, 0.1) is 0 Å². The van der Waals surface area contributed by atoms with Gasteiger partial charge in [-0.1, -0.05) is 0 Å². The highest BCUT2D eigenvalue weighted by molar-refractivity contribution is 5.95. The minimum absolute atomic E-state index is 0.0920. The van der Waals surface area contributed by atoms with Crippen LogP contribution in [0.3, 0.4) is 0 Å². The van der Waals surface area contributed by atoms with Gasteiger partial charge in [0.15, 0.2) is 0 Å². The van der Waals surface area contributed by atoms with Gasteiger partial charge >= 0.3 is 5.97 Å². The first-order valence-electron chi connectivity index (χ1n) is 4.08. The van der Waals surface area contributed by atoms with E-state index in [9.17, 15) is 9.59 Å². The van der Waals surface area contributed by atoms with E-state index in [-0.39, 0.29) is 17.1 Å². The Morgan fingerprint density at radius 3 is 2.00 bits per heavy atom. The van der Waals surface area contributed by atoms with Gasteiger partial charge in [0.2, 0.25) is 0 Å². The fraction of sp³-hybridized carbons (Fsp3) is 0.200. The lowest BCUT2D eigenvalue weighted by atomic mass is 10.1. The molecule has 0 amide bonds. The Labute approximate surface area is 86.2 Å². The van der Waals surface area contributed by atoms with E-state index in [0.717, 1.165) is 0 Å². The van der Waals surface area contributed by atoms with Crippen molar-refractivity contribution in [2.24, 2.45) is 0 Å². The molecule has 1 aromatic rings. The van der Waals surface area contributed by atoms with E-state index in [1.807, 2.05) is 0 Å². The number of hydrogen-bond acceptors (Lipinski definition) is 4. The molecule has 0 bridgehead atoms. The third kappa shape index (κ3) is 2.07. The first kappa shape index (κ1) is 11.0. The zero-order valence-electron chi connectivity index (χ0n) is 8.31. The second kappa shape index (κ2) is 4.45. The highest BCUT2D eigenvalue weighted by atomic mass is 16.5. The van der Waals surface area contributed by atoms with E-state index in [4.69, 9.17) is 14.6 Å². The Balaban J connectivity index is 3.45. The lowest BCUT2D eigenvalue weighted by molar-refractivity contribution is 0.0689. The fourth-order valence-electron chi connectivity index (χ4n) is 1.21. The van der Waals surface area contributed by atoms with Crippen molar-refractivity contribution in [1.82, 2.24) is 0 Å². The second-order valence-corrected chi connectivity index (χ2v) is 2.72. The third-order valence-electron chi connectivity index (χ3n) is 1.88. The molecule has 0 unspecified atom stereocenters. The summed E-state index contributed by atoms with van der Waals surface area (Å²) in [5.41, 5.74) is 0.208. The predicted molar refractivity (Wildman–Crippen MR) is 51.9 cm³/mol. The molecule has 0 atom stereocenters. The normalized spacial score (nSPS) is 9.47. The molecule has 1 N–H and O–H groups in total. The molecule has 0 aromatic heterocycles. The average molecular weight is 210 g/mol. The van der Waals surface area contributed by atoms with Gasteiger partial charge in [0.1, 0.15) is 23.3 Å². The summed E-state index contributed by atoms with van der Waals surface area (Å²) in [5, 5.41) is 8.92. The number of aromatic carboxylic acids is 1. The molecule has 80 valence electrons. The van der Waals surface area contributed by atoms with Crippen LogP contribution in [0.2, 0.25) is 0 Å². The summed E-state index contributed by atoms with van der Waals surface area (Å²) in [7, 11) is 2.66. The molecule has 0 saturated heterocycles. The summed E-state index contributed by atoms with van der Waals surface area (Å²) in [5.74, 6) is -0.964. The largest absolute Gasteiger partial charge is 0.496 e. The Morgan fingerprint density at radius 2 is 1.73 bits per heavy atom. The number of rotatable bonds is 4. The van der Waals surface area contributed by atoms with Crippen LogP contribution < -0.4 is 9.47 Å². The van der Waals surface area contributed by atoms with E-state index in [2.05, 4.69) is 0 Å². The minimum Gasteiger partial charge on any atom is -0.496 e. The number of carbonyl (C=O) groups excluding carboxylic acids is 1. The summed E-state index contributed by atoms with van der Waals surface area (Å²) in [6.07, 6.45) is 0.594. The first-order chi connectivity index (χ1) is 7.13. The molecular formula is C10H10O5. The van der Waals surface area contributed by atoms with Crippen LogP contribution in [0.5, 0.6) is 11.5 Å². The van der Waals surface area contributed by atoms with E-state index in [1.54, 1.807) is 0 Å². The summed E-state index contributed by atoms with van der Waals surface area (Å²) >= 11 is 0. The molecule has 0 fully saturated rings. The zero-order valence-corrected chi connectivity index (χ0v) is 8.31. The Kier molecular flexibility index (Phi) is 3.28. The second-order valence-electron chi connectivity index (χ2n) is 2.72. The maximum absolute atomic E-state index is 10.9. The molecule has 5 heteroatoms. The van der Waals surface area contributed by atoms with Crippen LogP contribution in [0.4, 0.5) is 0 Å². The SMILES string of the molecule is COc1cc(C=O)cc(OC)c1C(=O)O. The maximum atomic E-state index is 10.9. The van der Waals surface area contributed by atoms with Crippen molar-refractivity contribution in [3.63, 3.8) is 0 Å². The summed E-state index contributed by atoms with van der Waals surface area (Å²) in [6.45, 7) is 0. The summed E-state index contributed by atoms with van der Waals surface area (Å²) < 4.78 is 9.74. The standard InChI is InChI=1S/C10H10O5/c1-14-7-3-6(5-11)4-8(15-2)9(7)10(12)13/h3-5H,1-2H3,(H,12,13). The van der Waals surface area contributed by atoms with Crippen molar-refractivity contribution >= 4 is 12.3 Å². The number of carboxylic acids is 1. The molecule has 0 heterocycles. The number of hydrogen-bond donors (Lipinski definition) is 1. The number of aldehydes is 1. The van der Waals surface area contributed by atoms with Crippen molar-refractivity contribution in [1.29, 1.82) is 0 Å². The molecule has 0 radical (unpaired) electrons. The van der Waals surface area contributed by atoms with E-state index in [1.165, 1.54) is 26.4 Å². The van der Waals surface area contributed by atoms with Gasteiger partial charge in [-0.2, -0.15) is 0 Å². The van der Waals surface area contributed by atoms with Gasteiger partial charge in [-0.15, -0.1) is 0 Å². The lowest BCUT2D eigenvalue weighted by Crippen LogP contribution is -2.04. The van der Waals surface area contributed by atoms with E-state index >= 15 is 0 Å². The van der Waals surface area contributed by atoms with Crippen LogP contribution in [0.15, 0.2) is 12.1 Å². The van der Waals surface area contributed by atoms with Gasteiger partial charge in [0, 0.05) is 5.56 Å². The van der Waals surface area contributed by atoms with E-state index in [0.29, 0.717) is 11.8 Å². The molecule has 5 nitrogen and oxygen atoms in total. The van der Waals surface area contributed by atoms with Gasteiger partial charge in [-0.05, 0) is 12.1 Å². The molecule has 1 aromatic carbocycles. The number of ether oxygens (including phenoxy) is 2. The zero-order chi connectivity index (χ0) is 11.4. The molecule has 15 heavy (non-hydrogen) atoms. The van der Waals surface area contributed by atoms with Crippen LogP contribution in [0.1, 0.15) is 20.7 Å². The molecule has 0 spiro atoms. The molecule has 0 aliphatic heterocycles. The third-order valence-corrected chi connectivity index (χ3v) is 1.88. The molecule has 0 saturated carbocycles. The number of methoxy groups -OCH3 is 2. The Morgan fingerprint density at radius 1 is 1.27 bits per heavy atom. The number of carbonyl (C=O) groups is 2. The lowest BCUT2D eigenvalue weighted by Gasteiger charge is -2.10. The average Bonchev–Trinajstić information content (AvgIpc) is 2.26. The van der Waals surface area contributed by atoms with Gasteiger partial charge in [0.25, 0.3) is 0 Å². The molecule has 0 aliphatic carbocycles. The fourth-order valence-corrected chi connectivity index (χ4v) is 1.21. The predicted octanol–water partition coefficient (Wildman–Crippen LogP) is 1.21. The number of benzene rings is 1. The van der Waals surface area contributed by atoms with Crippen molar-refractivity contribution < 1.29 is 24.2 Å². The minimum atomic E-state index is -1.17. The highest BCUT2D eigenvalue weighted by Gasteiger charge is 2.18. The summed E-state index contributed by atoms with van der Waals surface area (Å²) in [4.78, 5) is 21.5. The van der Waals surface area contributed by atoms with Gasteiger partial charge in [0.05, 0.1) is 14.2 Å². The molecule has 1 rings (SSSR count). The summed E-state index contributed by atoms with van der Waals surface area (Å²) in [6, 6.07) is 2.69. The van der Waals surface area contributed by atoms with Crippen molar-refractivity contribution in [3.05, 3.63) is 23.3 Å². The maximum Gasteiger partial charge on any atom is 0.343 e. The first-order valence-corrected chi connectivity index (χ1v) is 4.08. The molecule has 0 aliphatic rings. The highest BCUT2D eigenvalue weighted by Crippen LogP contribution is 2.29. The quantitative estimate of drug-likeness (QED) is 0.756. The number of carboxylic acid groups (broad SMARTS) is 1. The van der Waals surface area contributed by atoms with Crippen LogP contribution in [-0.2, 0) is 0 Å². The monoisotopic (exact) mass is 210 g/mol. The van der Waals surface area contributed by atoms with Crippen LogP contribution in [0.25, 0.3) is 0 Å². The Hall–Kier alpha value is -2.04.